The van der Waals surface area contributed by atoms with Gasteiger partial charge in [-0.05, 0) is 17.7 Å². The zero-order valence-corrected chi connectivity index (χ0v) is 11.3. The number of nitriles is 1. The van der Waals surface area contributed by atoms with Gasteiger partial charge in [-0.25, -0.2) is 0 Å². The number of fused-ring (bicyclic) bond motifs is 1. The van der Waals surface area contributed by atoms with E-state index in [0.29, 0.717) is 18.1 Å². The molecule has 0 unspecified atom stereocenters. The summed E-state index contributed by atoms with van der Waals surface area (Å²) in [7, 11) is 1.59. The van der Waals surface area contributed by atoms with Crippen LogP contribution in [0.25, 0.3) is 0 Å². The Labute approximate surface area is 121 Å². The highest BCUT2D eigenvalue weighted by atomic mass is 16.5. The molecule has 21 heavy (non-hydrogen) atoms. The molecule has 7 nitrogen and oxygen atoms in total. The van der Waals surface area contributed by atoms with Gasteiger partial charge in [-0.1, -0.05) is 0 Å². The lowest BCUT2D eigenvalue weighted by molar-refractivity contribution is 0.180. The molecule has 0 radical (unpaired) electrons. The van der Waals surface area contributed by atoms with Crippen LogP contribution in [-0.2, 0) is 11.3 Å². The highest BCUT2D eigenvalue weighted by Crippen LogP contribution is 2.42. The van der Waals surface area contributed by atoms with Crippen LogP contribution in [0, 0.1) is 11.3 Å². The van der Waals surface area contributed by atoms with E-state index in [0.717, 1.165) is 16.8 Å². The SMILES string of the molecule is COCc1[nH]nc2c1[C@H](c1ccncc1)C(C#N)=C(N)O2. The second kappa shape index (κ2) is 5.26. The van der Waals surface area contributed by atoms with E-state index in [1.165, 1.54) is 0 Å². The van der Waals surface area contributed by atoms with Crippen molar-refractivity contribution >= 4 is 0 Å². The second-order valence-electron chi connectivity index (χ2n) is 4.56. The molecule has 2 aromatic rings. The van der Waals surface area contributed by atoms with Crippen LogP contribution in [0.5, 0.6) is 5.88 Å². The van der Waals surface area contributed by atoms with Gasteiger partial charge in [0, 0.05) is 19.5 Å². The number of nitrogens with one attached hydrogen (secondary N) is 1. The van der Waals surface area contributed by atoms with Crippen molar-refractivity contribution in [3.05, 3.63) is 52.8 Å². The Kier molecular flexibility index (Phi) is 3.30. The van der Waals surface area contributed by atoms with E-state index in [2.05, 4.69) is 21.3 Å². The third-order valence-corrected chi connectivity index (χ3v) is 3.35. The van der Waals surface area contributed by atoms with Crippen LogP contribution in [0.2, 0.25) is 0 Å². The van der Waals surface area contributed by atoms with E-state index < -0.39 is 0 Å². The van der Waals surface area contributed by atoms with E-state index in [9.17, 15) is 5.26 Å². The molecule has 7 heteroatoms. The van der Waals surface area contributed by atoms with Gasteiger partial charge >= 0.3 is 0 Å². The van der Waals surface area contributed by atoms with Crippen LogP contribution in [0.3, 0.4) is 0 Å². The lowest BCUT2D eigenvalue weighted by atomic mass is 9.84. The van der Waals surface area contributed by atoms with Gasteiger partial charge in [0.25, 0.3) is 0 Å². The summed E-state index contributed by atoms with van der Waals surface area (Å²) in [5.74, 6) is 0.105. The summed E-state index contributed by atoms with van der Waals surface area (Å²) < 4.78 is 10.6. The van der Waals surface area contributed by atoms with Gasteiger partial charge in [0.15, 0.2) is 0 Å². The van der Waals surface area contributed by atoms with Gasteiger partial charge < -0.3 is 15.2 Å². The zero-order valence-electron chi connectivity index (χ0n) is 11.3. The smallest absolute Gasteiger partial charge is 0.244 e. The zero-order chi connectivity index (χ0) is 14.8. The quantitative estimate of drug-likeness (QED) is 0.875. The largest absolute Gasteiger partial charge is 0.420 e. The molecule has 0 fully saturated rings. The van der Waals surface area contributed by atoms with Crippen molar-refractivity contribution in [1.29, 1.82) is 5.26 Å². The number of rotatable bonds is 3. The number of hydrogen-bond acceptors (Lipinski definition) is 6. The van der Waals surface area contributed by atoms with Crippen molar-refractivity contribution in [3.63, 3.8) is 0 Å². The standard InChI is InChI=1S/C14H13N5O2/c1-20-7-10-12-11(8-2-4-17-5-3-8)9(6-15)13(16)21-14(12)19-18-10/h2-5,11H,7,16H2,1H3,(H,18,19)/t11-/m1/s1. The van der Waals surface area contributed by atoms with E-state index in [-0.39, 0.29) is 11.8 Å². The number of aromatic nitrogens is 3. The van der Waals surface area contributed by atoms with Crippen molar-refractivity contribution < 1.29 is 9.47 Å². The highest BCUT2D eigenvalue weighted by Gasteiger charge is 2.34. The number of ether oxygens (including phenoxy) is 2. The Morgan fingerprint density at radius 2 is 2.24 bits per heavy atom. The van der Waals surface area contributed by atoms with Crippen molar-refractivity contribution in [2.24, 2.45) is 5.73 Å². The fourth-order valence-corrected chi connectivity index (χ4v) is 2.45. The fourth-order valence-electron chi connectivity index (χ4n) is 2.45. The summed E-state index contributed by atoms with van der Waals surface area (Å²) >= 11 is 0. The summed E-state index contributed by atoms with van der Waals surface area (Å²) in [6, 6.07) is 5.81. The van der Waals surface area contributed by atoms with Crippen molar-refractivity contribution in [3.8, 4) is 11.9 Å². The van der Waals surface area contributed by atoms with E-state index >= 15 is 0 Å². The van der Waals surface area contributed by atoms with E-state index in [4.69, 9.17) is 15.2 Å². The first-order valence-electron chi connectivity index (χ1n) is 6.29. The molecule has 2 aromatic heterocycles. The molecule has 1 atom stereocenters. The molecule has 0 aromatic carbocycles. The van der Waals surface area contributed by atoms with Crippen LogP contribution < -0.4 is 10.5 Å². The molecule has 3 heterocycles. The first-order valence-corrected chi connectivity index (χ1v) is 6.29. The fraction of sp³-hybridized carbons (Fsp3) is 0.214. The molecule has 0 aliphatic carbocycles. The minimum absolute atomic E-state index is 0.0716. The average Bonchev–Trinajstić information content (AvgIpc) is 2.89. The monoisotopic (exact) mass is 283 g/mol. The number of hydrogen-bond donors (Lipinski definition) is 2. The molecule has 3 N–H and O–H groups in total. The molecule has 0 spiro atoms. The molecular weight excluding hydrogens is 270 g/mol. The number of H-pyrrole nitrogens is 1. The minimum Gasteiger partial charge on any atom is -0.420 e. The number of pyridine rings is 1. The molecule has 0 amide bonds. The maximum Gasteiger partial charge on any atom is 0.244 e. The third kappa shape index (κ3) is 2.11. The normalized spacial score (nSPS) is 17.0. The maximum absolute atomic E-state index is 9.43. The number of aromatic amines is 1. The summed E-state index contributed by atoms with van der Waals surface area (Å²) in [5.41, 5.74) is 8.63. The van der Waals surface area contributed by atoms with E-state index in [1.54, 1.807) is 19.5 Å². The van der Waals surface area contributed by atoms with Gasteiger partial charge in [-0.3, -0.25) is 10.1 Å². The number of nitrogens with zero attached hydrogens (tertiary/aromatic N) is 3. The minimum atomic E-state index is -0.342. The molecule has 1 aliphatic heterocycles. The van der Waals surface area contributed by atoms with Crippen molar-refractivity contribution in [2.45, 2.75) is 12.5 Å². The summed E-state index contributed by atoms with van der Waals surface area (Å²) in [4.78, 5) is 4.00. The lowest BCUT2D eigenvalue weighted by Crippen LogP contribution is -2.21. The Balaban J connectivity index is 2.20. The second-order valence-corrected chi connectivity index (χ2v) is 4.56. The molecule has 0 saturated carbocycles. The lowest BCUT2D eigenvalue weighted by Gasteiger charge is -2.23. The topological polar surface area (TPSA) is 110 Å². The summed E-state index contributed by atoms with van der Waals surface area (Å²) in [5, 5.41) is 16.4. The van der Waals surface area contributed by atoms with E-state index in [1.807, 2.05) is 12.1 Å². The van der Waals surface area contributed by atoms with Crippen molar-refractivity contribution in [1.82, 2.24) is 15.2 Å². The van der Waals surface area contributed by atoms with Crippen LogP contribution in [-0.4, -0.2) is 22.3 Å². The predicted octanol–water partition coefficient (Wildman–Crippen LogP) is 1.17. The number of allylic oxidation sites excluding steroid dienone is 1. The van der Waals surface area contributed by atoms with Gasteiger partial charge in [0.1, 0.15) is 11.6 Å². The summed E-state index contributed by atoms with van der Waals surface area (Å²) in [6.45, 7) is 0.339. The average molecular weight is 283 g/mol. The Bertz CT molecular complexity index is 730. The Hall–Kier alpha value is -2.85. The van der Waals surface area contributed by atoms with Crippen LogP contribution in [0.1, 0.15) is 22.7 Å². The predicted molar refractivity (Wildman–Crippen MR) is 72.8 cm³/mol. The molecule has 106 valence electrons. The highest BCUT2D eigenvalue weighted by molar-refractivity contribution is 5.54. The van der Waals surface area contributed by atoms with Crippen LogP contribution >= 0.6 is 0 Å². The van der Waals surface area contributed by atoms with Crippen LogP contribution in [0.4, 0.5) is 0 Å². The first kappa shape index (κ1) is 13.1. The van der Waals surface area contributed by atoms with Gasteiger partial charge in [-0.2, -0.15) is 5.26 Å². The molecule has 1 aliphatic rings. The maximum atomic E-state index is 9.43. The first-order chi connectivity index (χ1) is 10.3. The Morgan fingerprint density at radius 1 is 1.48 bits per heavy atom. The van der Waals surface area contributed by atoms with Gasteiger partial charge in [-0.15, -0.1) is 5.10 Å². The van der Waals surface area contributed by atoms with Crippen molar-refractivity contribution in [2.75, 3.05) is 7.11 Å². The molecule has 0 saturated heterocycles. The molecular formula is C14H13N5O2. The summed E-state index contributed by atoms with van der Waals surface area (Å²) in [6.07, 6.45) is 3.34. The number of methoxy groups -OCH3 is 1. The van der Waals surface area contributed by atoms with Gasteiger partial charge in [0.05, 0.1) is 23.8 Å². The van der Waals surface area contributed by atoms with Gasteiger partial charge in [0.2, 0.25) is 11.8 Å². The number of nitrogens with two attached hydrogens (primary N) is 1. The molecule has 0 bridgehead atoms. The van der Waals surface area contributed by atoms with Crippen LogP contribution in [0.15, 0.2) is 36.0 Å². The molecule has 3 rings (SSSR count). The Morgan fingerprint density at radius 3 is 2.90 bits per heavy atom. The third-order valence-electron chi connectivity index (χ3n) is 3.35.